The van der Waals surface area contributed by atoms with E-state index in [2.05, 4.69) is 26.3 Å². The van der Waals surface area contributed by atoms with E-state index in [-0.39, 0.29) is 25.3 Å². The Morgan fingerprint density at radius 2 is 1.44 bits per heavy atom. The van der Waals surface area contributed by atoms with Gasteiger partial charge in [-0.05, 0) is 19.3 Å². The molecule has 182 valence electrons. The third kappa shape index (κ3) is 12.3. The van der Waals surface area contributed by atoms with Crippen LogP contribution < -0.4 is 44.2 Å². The summed E-state index contributed by atoms with van der Waals surface area (Å²) in [7, 11) is 0. The number of guanidine groups is 1. The quantitative estimate of drug-likeness (QED) is 0.0640. The number of aliphatic imine (C=N–C) groups is 1. The van der Waals surface area contributed by atoms with Crippen LogP contribution in [0.5, 0.6) is 0 Å². The molecule has 0 aromatic heterocycles. The third-order valence-electron chi connectivity index (χ3n) is 4.06. The standard InChI is InChI=1S/C17H33N9O6/c1-2-10(14(19)30)25-12(28)7-24-16(32)11(4-3-5-22-17(20)21)26-13(29)6-23-15(31)9(18)8-27/h9-11,27H,2-8,18H2,1H3,(H2,19,30)(H,23,31)(H,24,32)(H,25,28)(H,26,29)(H4,20,21,22)/t9-,10-,11-/m0/s1. The minimum atomic E-state index is -1.19. The normalized spacial score (nSPS) is 13.1. The Labute approximate surface area is 185 Å². The zero-order chi connectivity index (χ0) is 24.7. The Bertz CT molecular complexity index is 696. The maximum absolute atomic E-state index is 12.5. The summed E-state index contributed by atoms with van der Waals surface area (Å²) in [6.45, 7) is 0.316. The summed E-state index contributed by atoms with van der Waals surface area (Å²) >= 11 is 0. The van der Waals surface area contributed by atoms with Gasteiger partial charge >= 0.3 is 0 Å². The van der Waals surface area contributed by atoms with E-state index in [9.17, 15) is 24.0 Å². The van der Waals surface area contributed by atoms with Gasteiger partial charge in [0.05, 0.1) is 19.7 Å². The fourth-order valence-electron chi connectivity index (χ4n) is 2.31. The van der Waals surface area contributed by atoms with E-state index in [1.54, 1.807) is 6.92 Å². The van der Waals surface area contributed by atoms with Gasteiger partial charge in [-0.15, -0.1) is 0 Å². The fourth-order valence-corrected chi connectivity index (χ4v) is 2.31. The summed E-state index contributed by atoms with van der Waals surface area (Å²) in [5.41, 5.74) is 21.0. The van der Waals surface area contributed by atoms with Crippen molar-refractivity contribution in [2.75, 3.05) is 26.2 Å². The first-order valence-corrected chi connectivity index (χ1v) is 9.87. The van der Waals surface area contributed by atoms with Gasteiger partial charge in [0, 0.05) is 6.54 Å². The van der Waals surface area contributed by atoms with Crippen molar-refractivity contribution in [1.29, 1.82) is 0 Å². The lowest BCUT2D eigenvalue weighted by molar-refractivity contribution is -0.131. The highest BCUT2D eigenvalue weighted by Gasteiger charge is 2.23. The van der Waals surface area contributed by atoms with Crippen LogP contribution in [0.4, 0.5) is 0 Å². The van der Waals surface area contributed by atoms with Crippen LogP contribution in [0.3, 0.4) is 0 Å². The molecule has 5 amide bonds. The molecule has 0 heterocycles. The lowest BCUT2D eigenvalue weighted by Crippen LogP contribution is -2.53. The van der Waals surface area contributed by atoms with Crippen LogP contribution in [0.1, 0.15) is 26.2 Å². The number of aliphatic hydroxyl groups excluding tert-OH is 1. The van der Waals surface area contributed by atoms with Crippen molar-refractivity contribution in [2.24, 2.45) is 27.9 Å². The number of rotatable bonds is 15. The van der Waals surface area contributed by atoms with E-state index in [1.807, 2.05) is 0 Å². The Morgan fingerprint density at radius 1 is 0.906 bits per heavy atom. The highest BCUT2D eigenvalue weighted by Crippen LogP contribution is 1.99. The molecule has 0 aromatic carbocycles. The highest BCUT2D eigenvalue weighted by atomic mass is 16.3. The minimum absolute atomic E-state index is 0.124. The van der Waals surface area contributed by atoms with Gasteiger partial charge in [0.15, 0.2) is 5.96 Å². The fraction of sp³-hybridized carbons (Fsp3) is 0.647. The first-order chi connectivity index (χ1) is 15.0. The van der Waals surface area contributed by atoms with E-state index in [0.717, 1.165) is 0 Å². The molecule has 15 heteroatoms. The molecule has 32 heavy (non-hydrogen) atoms. The second kappa shape index (κ2) is 15.4. The van der Waals surface area contributed by atoms with Crippen LogP contribution in [0.25, 0.3) is 0 Å². The van der Waals surface area contributed by atoms with Gasteiger partial charge in [0.2, 0.25) is 29.5 Å². The van der Waals surface area contributed by atoms with E-state index in [4.69, 9.17) is 28.0 Å². The summed E-state index contributed by atoms with van der Waals surface area (Å²) in [6, 6.07) is -3.12. The summed E-state index contributed by atoms with van der Waals surface area (Å²) in [5, 5.41) is 18.2. The van der Waals surface area contributed by atoms with Gasteiger partial charge in [0.25, 0.3) is 0 Å². The molecule has 3 atom stereocenters. The van der Waals surface area contributed by atoms with Gasteiger partial charge in [0.1, 0.15) is 18.1 Å². The van der Waals surface area contributed by atoms with Crippen molar-refractivity contribution in [3.8, 4) is 0 Å². The molecular formula is C17H33N9O6. The van der Waals surface area contributed by atoms with Gasteiger partial charge in [-0.25, -0.2) is 0 Å². The molecule has 15 nitrogen and oxygen atoms in total. The molecule has 0 aliphatic carbocycles. The van der Waals surface area contributed by atoms with Crippen LogP contribution in [0.15, 0.2) is 4.99 Å². The Kier molecular flexibility index (Phi) is 13.7. The smallest absolute Gasteiger partial charge is 0.243 e. The highest BCUT2D eigenvalue weighted by molar-refractivity contribution is 5.93. The molecule has 13 N–H and O–H groups in total. The first kappa shape index (κ1) is 28.5. The number of primary amides is 1. The molecule has 0 saturated carbocycles. The molecule has 0 unspecified atom stereocenters. The zero-order valence-corrected chi connectivity index (χ0v) is 17.9. The van der Waals surface area contributed by atoms with Crippen LogP contribution >= 0.6 is 0 Å². The number of carbonyl (C=O) groups is 5. The number of hydrogen-bond acceptors (Lipinski definition) is 8. The molecule has 0 radical (unpaired) electrons. The van der Waals surface area contributed by atoms with Crippen molar-refractivity contribution >= 4 is 35.5 Å². The summed E-state index contributed by atoms with van der Waals surface area (Å²) in [4.78, 5) is 63.0. The van der Waals surface area contributed by atoms with E-state index in [1.165, 1.54) is 0 Å². The number of aliphatic hydroxyl groups is 1. The predicted octanol–water partition coefficient (Wildman–Crippen LogP) is -5.54. The molecule has 0 rings (SSSR count). The van der Waals surface area contributed by atoms with Crippen LogP contribution in [0.2, 0.25) is 0 Å². The second-order valence-electron chi connectivity index (χ2n) is 6.72. The summed E-state index contributed by atoms with van der Waals surface area (Å²) in [5.74, 6) is -3.60. The van der Waals surface area contributed by atoms with Crippen LogP contribution in [0, 0.1) is 0 Å². The summed E-state index contributed by atoms with van der Waals surface area (Å²) < 4.78 is 0. The van der Waals surface area contributed by atoms with Crippen LogP contribution in [-0.4, -0.2) is 85.0 Å². The lowest BCUT2D eigenvalue weighted by Gasteiger charge is -2.19. The molecule has 0 bridgehead atoms. The number of hydrogen-bond donors (Lipinski definition) is 9. The second-order valence-corrected chi connectivity index (χ2v) is 6.72. The largest absolute Gasteiger partial charge is 0.394 e. The van der Waals surface area contributed by atoms with Gasteiger partial charge in [-0.3, -0.25) is 29.0 Å². The Morgan fingerprint density at radius 3 is 1.91 bits per heavy atom. The van der Waals surface area contributed by atoms with E-state index in [0.29, 0.717) is 6.42 Å². The maximum atomic E-state index is 12.5. The molecule has 0 aromatic rings. The first-order valence-electron chi connectivity index (χ1n) is 9.87. The molecule has 0 fully saturated rings. The molecule has 0 spiro atoms. The van der Waals surface area contributed by atoms with Crippen molar-refractivity contribution in [3.63, 3.8) is 0 Å². The number of amides is 5. The Balaban J connectivity index is 4.88. The minimum Gasteiger partial charge on any atom is -0.394 e. The van der Waals surface area contributed by atoms with E-state index < -0.39 is 67.4 Å². The number of nitrogens with two attached hydrogens (primary N) is 4. The number of nitrogens with zero attached hydrogens (tertiary/aromatic N) is 1. The van der Waals surface area contributed by atoms with Gasteiger partial charge in [-0.2, -0.15) is 0 Å². The predicted molar refractivity (Wildman–Crippen MR) is 114 cm³/mol. The number of carbonyl (C=O) groups excluding carboxylic acids is 5. The average Bonchev–Trinajstić information content (AvgIpc) is 2.74. The van der Waals surface area contributed by atoms with Crippen molar-refractivity contribution in [3.05, 3.63) is 0 Å². The third-order valence-corrected chi connectivity index (χ3v) is 4.06. The monoisotopic (exact) mass is 459 g/mol. The maximum Gasteiger partial charge on any atom is 0.243 e. The van der Waals surface area contributed by atoms with Gasteiger partial charge < -0.3 is 49.3 Å². The molecular weight excluding hydrogens is 426 g/mol. The molecule has 0 aliphatic rings. The van der Waals surface area contributed by atoms with Crippen molar-refractivity contribution in [1.82, 2.24) is 21.3 Å². The van der Waals surface area contributed by atoms with Crippen molar-refractivity contribution < 1.29 is 29.1 Å². The molecule has 0 aliphatic heterocycles. The SMILES string of the molecule is CC[C@H](NC(=O)CNC(=O)[C@H](CCCN=C(N)N)NC(=O)CNC(=O)[C@@H](N)CO)C(N)=O. The number of nitrogens with one attached hydrogen (secondary N) is 4. The van der Waals surface area contributed by atoms with E-state index >= 15 is 0 Å². The zero-order valence-electron chi connectivity index (χ0n) is 17.9. The average molecular weight is 460 g/mol. The van der Waals surface area contributed by atoms with Crippen LogP contribution in [-0.2, 0) is 24.0 Å². The Hall–Kier alpha value is -3.46. The van der Waals surface area contributed by atoms with Crippen molar-refractivity contribution in [2.45, 2.75) is 44.3 Å². The topological polar surface area (TPSA) is 270 Å². The molecule has 0 saturated heterocycles. The lowest BCUT2D eigenvalue weighted by atomic mass is 10.1. The summed E-state index contributed by atoms with van der Waals surface area (Å²) in [6.07, 6.45) is 0.729. The van der Waals surface area contributed by atoms with Gasteiger partial charge in [-0.1, -0.05) is 6.92 Å².